The summed E-state index contributed by atoms with van der Waals surface area (Å²) in [6.07, 6.45) is 3.34. The number of aliphatic hydroxyl groups excluding tert-OH is 1. The van der Waals surface area contributed by atoms with Gasteiger partial charge in [-0.05, 0) is 6.42 Å². The van der Waals surface area contributed by atoms with E-state index < -0.39 is 0 Å². The van der Waals surface area contributed by atoms with E-state index in [0.29, 0.717) is 6.42 Å². The van der Waals surface area contributed by atoms with Crippen LogP contribution in [0.25, 0.3) is 0 Å². The summed E-state index contributed by atoms with van der Waals surface area (Å²) >= 11 is 0. The molecule has 0 aliphatic heterocycles. The molecule has 0 atom stereocenters. The van der Waals surface area contributed by atoms with Gasteiger partial charge < -0.3 is 9.84 Å². The first-order valence-corrected chi connectivity index (χ1v) is 2.66. The first-order valence-electron chi connectivity index (χ1n) is 2.66. The van der Waals surface area contributed by atoms with Crippen molar-refractivity contribution in [3.8, 4) is 0 Å². The average molecular weight is 130 g/mol. The number of methoxy groups -OCH3 is 1. The van der Waals surface area contributed by atoms with E-state index in [1.54, 1.807) is 6.08 Å². The Labute approximate surface area is 53.9 Å². The van der Waals surface area contributed by atoms with Crippen molar-refractivity contribution >= 4 is 5.97 Å². The van der Waals surface area contributed by atoms with E-state index in [9.17, 15) is 4.79 Å². The predicted octanol–water partition coefficient (Wildman–Crippen LogP) is 0.0980. The third-order valence-corrected chi connectivity index (χ3v) is 0.751. The van der Waals surface area contributed by atoms with Gasteiger partial charge in [0.25, 0.3) is 0 Å². The van der Waals surface area contributed by atoms with Gasteiger partial charge in [0.15, 0.2) is 0 Å². The van der Waals surface area contributed by atoms with Crippen LogP contribution in [-0.4, -0.2) is 24.8 Å². The number of esters is 1. The van der Waals surface area contributed by atoms with E-state index in [0.717, 1.165) is 0 Å². The number of aliphatic hydroxyl groups is 1. The van der Waals surface area contributed by atoms with E-state index in [-0.39, 0.29) is 12.6 Å². The maximum atomic E-state index is 10.3. The summed E-state index contributed by atoms with van der Waals surface area (Å²) in [7, 11) is 1.31. The Morgan fingerprint density at radius 2 is 2.44 bits per heavy atom. The number of hydrogen-bond acceptors (Lipinski definition) is 3. The Bertz CT molecular complexity index is 107. The maximum Gasteiger partial charge on any atom is 0.330 e. The van der Waals surface area contributed by atoms with Crippen molar-refractivity contribution in [1.82, 2.24) is 0 Å². The van der Waals surface area contributed by atoms with Crippen LogP contribution in [0.3, 0.4) is 0 Å². The van der Waals surface area contributed by atoms with Gasteiger partial charge in [-0.2, -0.15) is 0 Å². The van der Waals surface area contributed by atoms with Crippen LogP contribution in [0.15, 0.2) is 12.2 Å². The predicted molar refractivity (Wildman–Crippen MR) is 32.9 cm³/mol. The van der Waals surface area contributed by atoms with Crippen LogP contribution in [-0.2, 0) is 9.53 Å². The molecular weight excluding hydrogens is 120 g/mol. The van der Waals surface area contributed by atoms with Gasteiger partial charge in [0.2, 0.25) is 0 Å². The third kappa shape index (κ3) is 5.03. The summed E-state index contributed by atoms with van der Waals surface area (Å²) < 4.78 is 4.29. The molecule has 0 radical (unpaired) electrons. The molecule has 0 spiro atoms. The molecule has 0 rings (SSSR count). The molecule has 0 heterocycles. The molecule has 0 aromatic heterocycles. The van der Waals surface area contributed by atoms with Crippen LogP contribution < -0.4 is 0 Å². The first kappa shape index (κ1) is 8.17. The molecule has 3 nitrogen and oxygen atoms in total. The molecule has 0 saturated heterocycles. The fourth-order valence-corrected chi connectivity index (χ4v) is 0.322. The lowest BCUT2D eigenvalue weighted by Crippen LogP contribution is -1.93. The van der Waals surface area contributed by atoms with E-state index in [2.05, 4.69) is 4.74 Å². The zero-order valence-electron chi connectivity index (χ0n) is 5.33. The van der Waals surface area contributed by atoms with Gasteiger partial charge in [-0.15, -0.1) is 0 Å². The van der Waals surface area contributed by atoms with Crippen LogP contribution in [0.4, 0.5) is 0 Å². The molecule has 0 aromatic rings. The number of rotatable bonds is 3. The number of carbonyl (C=O) groups is 1. The van der Waals surface area contributed by atoms with Crippen molar-refractivity contribution in [2.45, 2.75) is 6.42 Å². The minimum Gasteiger partial charge on any atom is -0.466 e. The summed E-state index contributed by atoms with van der Waals surface area (Å²) in [6, 6.07) is 0. The Morgan fingerprint density at radius 3 is 2.89 bits per heavy atom. The lowest BCUT2D eigenvalue weighted by atomic mass is 10.4. The van der Waals surface area contributed by atoms with Crippen molar-refractivity contribution in [1.29, 1.82) is 0 Å². The standard InChI is InChI=1S/C6H10O3/c1-9-6(8)4-2-3-5-7/h2,4,7H,3,5H2,1H3/b4-2-. The molecule has 0 aliphatic carbocycles. The van der Waals surface area contributed by atoms with Crippen molar-refractivity contribution in [3.05, 3.63) is 12.2 Å². The summed E-state index contributed by atoms with van der Waals surface area (Å²) in [5.74, 6) is -0.386. The molecule has 0 fully saturated rings. The molecule has 0 amide bonds. The van der Waals surface area contributed by atoms with E-state index >= 15 is 0 Å². The second-order valence-corrected chi connectivity index (χ2v) is 1.44. The molecule has 0 aliphatic rings. The van der Waals surface area contributed by atoms with Crippen LogP contribution >= 0.6 is 0 Å². The average Bonchev–Trinajstić information content (AvgIpc) is 1.89. The Morgan fingerprint density at radius 1 is 1.78 bits per heavy atom. The maximum absolute atomic E-state index is 10.3. The SMILES string of the molecule is COC(=O)/C=C\CCO. The highest BCUT2D eigenvalue weighted by atomic mass is 16.5. The molecule has 3 heteroatoms. The second kappa shape index (κ2) is 5.31. The highest BCUT2D eigenvalue weighted by Crippen LogP contribution is 1.81. The Hall–Kier alpha value is -0.830. The van der Waals surface area contributed by atoms with E-state index in [1.165, 1.54) is 13.2 Å². The number of hydrogen-bond donors (Lipinski definition) is 1. The van der Waals surface area contributed by atoms with Gasteiger partial charge in [0.1, 0.15) is 0 Å². The summed E-state index contributed by atoms with van der Waals surface area (Å²) in [4.78, 5) is 10.3. The smallest absolute Gasteiger partial charge is 0.330 e. The lowest BCUT2D eigenvalue weighted by molar-refractivity contribution is -0.134. The summed E-state index contributed by atoms with van der Waals surface area (Å²) in [6.45, 7) is 0.0630. The van der Waals surface area contributed by atoms with Gasteiger partial charge in [0, 0.05) is 12.7 Å². The van der Waals surface area contributed by atoms with Crippen molar-refractivity contribution in [2.24, 2.45) is 0 Å². The second-order valence-electron chi connectivity index (χ2n) is 1.44. The largest absolute Gasteiger partial charge is 0.466 e. The van der Waals surface area contributed by atoms with Gasteiger partial charge in [-0.3, -0.25) is 0 Å². The summed E-state index contributed by atoms with van der Waals surface area (Å²) in [5.41, 5.74) is 0. The molecule has 1 N–H and O–H groups in total. The molecular formula is C6H10O3. The molecule has 52 valence electrons. The van der Waals surface area contributed by atoms with Crippen LogP contribution in [0.5, 0.6) is 0 Å². The van der Waals surface area contributed by atoms with Gasteiger partial charge in [-0.25, -0.2) is 4.79 Å². The minimum absolute atomic E-state index is 0.0630. The van der Waals surface area contributed by atoms with Crippen LogP contribution in [0, 0.1) is 0 Å². The van der Waals surface area contributed by atoms with Gasteiger partial charge in [-0.1, -0.05) is 6.08 Å². The highest BCUT2D eigenvalue weighted by Gasteiger charge is 1.87. The zero-order chi connectivity index (χ0) is 7.11. The number of carbonyl (C=O) groups excluding carboxylic acids is 1. The molecule has 0 bridgehead atoms. The van der Waals surface area contributed by atoms with Gasteiger partial charge >= 0.3 is 5.97 Å². The molecule has 0 unspecified atom stereocenters. The monoisotopic (exact) mass is 130 g/mol. The molecule has 0 saturated carbocycles. The lowest BCUT2D eigenvalue weighted by Gasteiger charge is -1.87. The van der Waals surface area contributed by atoms with Crippen molar-refractivity contribution in [3.63, 3.8) is 0 Å². The molecule has 9 heavy (non-hydrogen) atoms. The Kier molecular flexibility index (Phi) is 4.82. The van der Waals surface area contributed by atoms with Crippen molar-refractivity contribution in [2.75, 3.05) is 13.7 Å². The molecule has 0 aromatic carbocycles. The van der Waals surface area contributed by atoms with Gasteiger partial charge in [0.05, 0.1) is 7.11 Å². The quantitative estimate of drug-likeness (QED) is 0.435. The Balaban J connectivity index is 3.32. The van der Waals surface area contributed by atoms with E-state index in [1.807, 2.05) is 0 Å². The van der Waals surface area contributed by atoms with Crippen molar-refractivity contribution < 1.29 is 14.6 Å². The van der Waals surface area contributed by atoms with E-state index in [4.69, 9.17) is 5.11 Å². The summed E-state index contributed by atoms with van der Waals surface area (Å²) in [5, 5.41) is 8.25. The highest BCUT2D eigenvalue weighted by molar-refractivity contribution is 5.81. The zero-order valence-corrected chi connectivity index (χ0v) is 5.33. The number of ether oxygens (including phenoxy) is 1. The fraction of sp³-hybridized carbons (Fsp3) is 0.500. The topological polar surface area (TPSA) is 46.5 Å². The minimum atomic E-state index is -0.386. The normalized spacial score (nSPS) is 10.0. The van der Waals surface area contributed by atoms with Crippen LogP contribution in [0.2, 0.25) is 0 Å². The third-order valence-electron chi connectivity index (χ3n) is 0.751. The fourth-order valence-electron chi connectivity index (χ4n) is 0.322. The first-order chi connectivity index (χ1) is 4.31. The van der Waals surface area contributed by atoms with Crippen LogP contribution in [0.1, 0.15) is 6.42 Å².